The Morgan fingerprint density at radius 3 is 2.50 bits per heavy atom. The number of piperazine rings is 1. The van der Waals surface area contributed by atoms with E-state index in [0.29, 0.717) is 16.2 Å². The number of anilines is 1. The third-order valence-electron chi connectivity index (χ3n) is 5.73. The molecule has 1 aromatic heterocycles. The first-order chi connectivity index (χ1) is 15.8. The molecule has 1 amide bonds. The SMILES string of the molecule is C=CCC1(F)CSc2c(C(=O)N3CCN(c4ncc(C(F)(F)F)s4)CC3)cc(S(C)(=O)=O)cc21. The molecule has 2 aliphatic heterocycles. The lowest BCUT2D eigenvalue weighted by molar-refractivity contribution is -0.134. The van der Waals surface area contributed by atoms with E-state index < -0.39 is 32.5 Å². The molecule has 0 saturated carbocycles. The van der Waals surface area contributed by atoms with Gasteiger partial charge < -0.3 is 9.80 Å². The Morgan fingerprint density at radius 2 is 1.94 bits per heavy atom. The topological polar surface area (TPSA) is 70.6 Å². The van der Waals surface area contributed by atoms with E-state index in [1.54, 1.807) is 4.90 Å². The van der Waals surface area contributed by atoms with Crippen LogP contribution in [-0.4, -0.2) is 62.4 Å². The molecule has 1 fully saturated rings. The molecule has 0 radical (unpaired) electrons. The third-order valence-corrected chi connectivity index (χ3v) is 9.25. The predicted octanol–water partition coefficient (Wildman–Crippen LogP) is 4.37. The average molecular weight is 536 g/mol. The maximum Gasteiger partial charge on any atom is 0.427 e. The number of benzene rings is 1. The highest BCUT2D eigenvalue weighted by atomic mass is 32.2. The predicted molar refractivity (Wildman–Crippen MR) is 123 cm³/mol. The molecule has 34 heavy (non-hydrogen) atoms. The number of thiazole rings is 1. The quantitative estimate of drug-likeness (QED) is 0.418. The van der Waals surface area contributed by atoms with Crippen LogP contribution < -0.4 is 4.90 Å². The lowest BCUT2D eigenvalue weighted by atomic mass is 9.92. The molecule has 2 aromatic rings. The maximum absolute atomic E-state index is 15.6. The third kappa shape index (κ3) is 4.69. The minimum Gasteiger partial charge on any atom is -0.345 e. The van der Waals surface area contributed by atoms with Gasteiger partial charge in [-0.05, 0) is 12.1 Å². The summed E-state index contributed by atoms with van der Waals surface area (Å²) in [7, 11) is -3.71. The van der Waals surface area contributed by atoms with Crippen LogP contribution >= 0.6 is 23.1 Å². The van der Waals surface area contributed by atoms with Crippen molar-refractivity contribution in [3.8, 4) is 0 Å². The molecule has 0 spiro atoms. The van der Waals surface area contributed by atoms with Crippen LogP contribution in [-0.2, 0) is 21.7 Å². The van der Waals surface area contributed by atoms with Crippen molar-refractivity contribution in [2.75, 3.05) is 43.1 Å². The van der Waals surface area contributed by atoms with Crippen molar-refractivity contribution in [1.82, 2.24) is 9.88 Å². The average Bonchev–Trinajstić information content (AvgIpc) is 3.38. The standard InChI is InChI=1S/C21H21F4N3O3S3/c1-3-4-20(22)12-32-17-14(9-13(10-15(17)20)34(2,30)31)18(29)27-5-7-28(8-6-27)19-26-11-16(33-19)21(23,24)25/h3,9-11H,1,4-8,12H2,2H3. The number of aromatic nitrogens is 1. The highest BCUT2D eigenvalue weighted by Crippen LogP contribution is 2.50. The molecule has 13 heteroatoms. The number of fused-ring (bicyclic) bond motifs is 1. The zero-order valence-corrected chi connectivity index (χ0v) is 20.5. The smallest absolute Gasteiger partial charge is 0.345 e. The molecule has 4 rings (SSSR count). The molecule has 1 saturated heterocycles. The summed E-state index contributed by atoms with van der Waals surface area (Å²) in [5.41, 5.74) is -1.53. The maximum atomic E-state index is 15.6. The lowest BCUT2D eigenvalue weighted by Crippen LogP contribution is -2.49. The normalized spacial score (nSPS) is 21.0. The second-order valence-corrected chi connectivity index (χ2v) is 12.2. The molecule has 3 heterocycles. The number of rotatable bonds is 5. The van der Waals surface area contributed by atoms with Crippen molar-refractivity contribution < 1.29 is 30.8 Å². The highest BCUT2D eigenvalue weighted by molar-refractivity contribution is 7.99. The molecule has 184 valence electrons. The summed E-state index contributed by atoms with van der Waals surface area (Å²) in [6.45, 7) is 4.52. The molecule has 0 aliphatic carbocycles. The molecule has 1 aromatic carbocycles. The minimum atomic E-state index is -4.46. The summed E-state index contributed by atoms with van der Waals surface area (Å²) in [5.74, 6) is -0.395. The Balaban J connectivity index is 1.59. The van der Waals surface area contributed by atoms with E-state index in [4.69, 9.17) is 0 Å². The van der Waals surface area contributed by atoms with Gasteiger partial charge in [-0.1, -0.05) is 17.4 Å². The van der Waals surface area contributed by atoms with E-state index in [0.717, 1.165) is 12.5 Å². The lowest BCUT2D eigenvalue weighted by Gasteiger charge is -2.35. The number of hydrogen-bond acceptors (Lipinski definition) is 7. The summed E-state index contributed by atoms with van der Waals surface area (Å²) in [4.78, 5) is 19.9. The number of alkyl halides is 4. The first-order valence-corrected chi connectivity index (χ1v) is 13.9. The molecule has 2 aliphatic rings. The van der Waals surface area contributed by atoms with Gasteiger partial charge in [0, 0.05) is 55.1 Å². The van der Waals surface area contributed by atoms with Gasteiger partial charge in [-0.2, -0.15) is 13.2 Å². The fourth-order valence-electron chi connectivity index (χ4n) is 3.94. The molecular weight excluding hydrogens is 514 g/mol. The zero-order valence-electron chi connectivity index (χ0n) is 18.1. The van der Waals surface area contributed by atoms with Crippen molar-refractivity contribution in [1.29, 1.82) is 0 Å². The van der Waals surface area contributed by atoms with Gasteiger partial charge in [0.2, 0.25) is 0 Å². The summed E-state index contributed by atoms with van der Waals surface area (Å²) in [5, 5.41) is 0.224. The Labute approximate surface area is 202 Å². The highest BCUT2D eigenvalue weighted by Gasteiger charge is 2.42. The largest absolute Gasteiger partial charge is 0.427 e. The molecule has 0 N–H and O–H groups in total. The summed E-state index contributed by atoms with van der Waals surface area (Å²) < 4.78 is 78.7. The number of allylic oxidation sites excluding steroid dienone is 1. The van der Waals surface area contributed by atoms with Crippen molar-refractivity contribution in [2.24, 2.45) is 0 Å². The number of halogens is 4. The molecule has 0 bridgehead atoms. The van der Waals surface area contributed by atoms with Gasteiger partial charge in [0.1, 0.15) is 10.5 Å². The Bertz CT molecular complexity index is 1240. The molecule has 1 atom stereocenters. The van der Waals surface area contributed by atoms with Crippen LogP contribution in [0.1, 0.15) is 27.2 Å². The number of carbonyl (C=O) groups excluding carboxylic acids is 1. The van der Waals surface area contributed by atoms with Gasteiger partial charge in [0.25, 0.3) is 5.91 Å². The van der Waals surface area contributed by atoms with E-state index in [9.17, 15) is 26.4 Å². The van der Waals surface area contributed by atoms with Gasteiger partial charge in [0.05, 0.1) is 16.7 Å². The number of amides is 1. The monoisotopic (exact) mass is 535 g/mol. The van der Waals surface area contributed by atoms with Crippen molar-refractivity contribution in [3.05, 3.63) is 47.0 Å². The van der Waals surface area contributed by atoms with Crippen LogP contribution in [0.15, 0.2) is 40.8 Å². The van der Waals surface area contributed by atoms with Crippen LogP contribution in [0.2, 0.25) is 0 Å². The van der Waals surface area contributed by atoms with E-state index in [2.05, 4.69) is 11.6 Å². The number of nitrogens with zero attached hydrogens (tertiary/aromatic N) is 3. The van der Waals surface area contributed by atoms with Crippen LogP contribution in [0, 0.1) is 0 Å². The summed E-state index contributed by atoms with van der Waals surface area (Å²) in [6, 6.07) is 2.58. The Morgan fingerprint density at radius 1 is 1.26 bits per heavy atom. The van der Waals surface area contributed by atoms with E-state index in [1.807, 2.05) is 0 Å². The Kier molecular flexibility index (Phi) is 6.49. The van der Waals surface area contributed by atoms with Crippen molar-refractivity contribution in [3.63, 3.8) is 0 Å². The second kappa shape index (κ2) is 8.83. The van der Waals surface area contributed by atoms with Crippen molar-refractivity contribution in [2.45, 2.75) is 28.1 Å². The molecule has 6 nitrogen and oxygen atoms in total. The fraction of sp³-hybridized carbons (Fsp3) is 0.429. The van der Waals surface area contributed by atoms with E-state index in [1.165, 1.54) is 34.9 Å². The van der Waals surface area contributed by atoms with Gasteiger partial charge in [-0.15, -0.1) is 18.3 Å². The number of thioether (sulfide) groups is 1. The Hall–Kier alpha value is -2.12. The number of hydrogen-bond donors (Lipinski definition) is 0. The summed E-state index contributed by atoms with van der Waals surface area (Å²) in [6.07, 6.45) is -1.26. The van der Waals surface area contributed by atoms with E-state index >= 15 is 4.39 Å². The first kappa shape index (κ1) is 25.0. The second-order valence-electron chi connectivity index (χ2n) is 8.15. The zero-order chi connectivity index (χ0) is 24.9. The van der Waals surface area contributed by atoms with Gasteiger partial charge in [-0.25, -0.2) is 17.8 Å². The fourth-order valence-corrected chi connectivity index (χ4v) is 6.78. The molecular formula is C21H21F4N3O3S3. The van der Waals surface area contributed by atoms with Gasteiger partial charge in [0.15, 0.2) is 15.0 Å². The van der Waals surface area contributed by atoms with Crippen LogP contribution in [0.25, 0.3) is 0 Å². The van der Waals surface area contributed by atoms with Gasteiger partial charge >= 0.3 is 6.18 Å². The molecule has 1 unspecified atom stereocenters. The van der Waals surface area contributed by atoms with Crippen LogP contribution in [0.3, 0.4) is 0 Å². The summed E-state index contributed by atoms with van der Waals surface area (Å²) >= 11 is 1.71. The number of carbonyl (C=O) groups is 1. The number of sulfone groups is 1. The van der Waals surface area contributed by atoms with Crippen LogP contribution in [0.5, 0.6) is 0 Å². The van der Waals surface area contributed by atoms with E-state index in [-0.39, 0.29) is 59.5 Å². The van der Waals surface area contributed by atoms with Gasteiger partial charge in [-0.3, -0.25) is 4.79 Å². The minimum absolute atomic E-state index is 0.0136. The van der Waals surface area contributed by atoms with Crippen LogP contribution in [0.4, 0.5) is 22.7 Å². The first-order valence-electron chi connectivity index (χ1n) is 10.2. The van der Waals surface area contributed by atoms with Crippen molar-refractivity contribution >= 4 is 44.0 Å².